The molecule has 1 fully saturated rings. The van der Waals surface area contributed by atoms with Crippen LogP contribution >= 0.6 is 0 Å². The molecular formula is C18H23N5O. The Morgan fingerprint density at radius 2 is 2.00 bits per heavy atom. The minimum Gasteiger partial charge on any atom is -0.343 e. The van der Waals surface area contributed by atoms with Gasteiger partial charge in [0, 0.05) is 43.5 Å². The van der Waals surface area contributed by atoms with Crippen LogP contribution in [0.5, 0.6) is 0 Å². The first-order valence-electron chi connectivity index (χ1n) is 8.46. The Bertz CT molecular complexity index is 710. The predicted molar refractivity (Wildman–Crippen MR) is 93.1 cm³/mol. The molecule has 0 aromatic carbocycles. The van der Waals surface area contributed by atoms with Crippen molar-refractivity contribution >= 4 is 17.5 Å². The minimum atomic E-state index is 0.231. The number of carbonyl (C=O) groups is 1. The molecule has 0 atom stereocenters. The van der Waals surface area contributed by atoms with E-state index in [1.807, 2.05) is 36.9 Å². The van der Waals surface area contributed by atoms with Gasteiger partial charge in [-0.2, -0.15) is 0 Å². The number of hydrogen-bond donors (Lipinski definition) is 1. The van der Waals surface area contributed by atoms with E-state index in [1.54, 1.807) is 12.4 Å². The van der Waals surface area contributed by atoms with Crippen molar-refractivity contribution < 1.29 is 4.79 Å². The van der Waals surface area contributed by atoms with Crippen molar-refractivity contribution in [2.45, 2.75) is 39.0 Å². The first kappa shape index (κ1) is 16.4. The van der Waals surface area contributed by atoms with Crippen LogP contribution in [0.4, 0.5) is 11.6 Å². The molecular weight excluding hydrogens is 302 g/mol. The van der Waals surface area contributed by atoms with Crippen LogP contribution in [0.15, 0.2) is 30.6 Å². The van der Waals surface area contributed by atoms with Gasteiger partial charge in [-0.15, -0.1) is 0 Å². The van der Waals surface area contributed by atoms with Crippen molar-refractivity contribution in [1.29, 1.82) is 0 Å². The molecule has 1 aliphatic heterocycles. The fraction of sp³-hybridized carbons (Fsp3) is 0.444. The number of nitrogens with zero attached hydrogens (tertiary/aromatic N) is 4. The maximum absolute atomic E-state index is 11.8. The van der Waals surface area contributed by atoms with Crippen LogP contribution in [0.1, 0.15) is 43.5 Å². The molecule has 1 aliphatic rings. The minimum absolute atomic E-state index is 0.231. The van der Waals surface area contributed by atoms with E-state index in [1.165, 1.54) is 0 Å². The van der Waals surface area contributed by atoms with Gasteiger partial charge in [-0.1, -0.05) is 13.0 Å². The molecule has 0 bridgehead atoms. The molecule has 0 unspecified atom stereocenters. The van der Waals surface area contributed by atoms with Gasteiger partial charge in [-0.25, -0.2) is 9.97 Å². The number of carbonyl (C=O) groups excluding carboxylic acids is 1. The van der Waals surface area contributed by atoms with E-state index in [9.17, 15) is 4.79 Å². The summed E-state index contributed by atoms with van der Waals surface area (Å²) in [7, 11) is 0. The number of amides is 1. The van der Waals surface area contributed by atoms with Gasteiger partial charge in [0.2, 0.25) is 5.91 Å². The van der Waals surface area contributed by atoms with Crippen LogP contribution in [0, 0.1) is 6.92 Å². The molecule has 1 amide bonds. The largest absolute Gasteiger partial charge is 0.343 e. The Balaban J connectivity index is 1.74. The standard InChI is InChI=1S/C18H23N5O/c1-3-16(24)23-11-7-14(8-12-23)17-18(20-10-9-19-17)22-15-6-4-5-13(2)21-15/h4-6,9-10,14H,3,7-8,11-12H2,1-2H3,(H,20,21,22). The van der Waals surface area contributed by atoms with Gasteiger partial charge in [0.1, 0.15) is 5.82 Å². The van der Waals surface area contributed by atoms with Gasteiger partial charge < -0.3 is 10.2 Å². The summed E-state index contributed by atoms with van der Waals surface area (Å²) in [6, 6.07) is 5.85. The summed E-state index contributed by atoms with van der Waals surface area (Å²) < 4.78 is 0. The summed E-state index contributed by atoms with van der Waals surface area (Å²) in [4.78, 5) is 27.3. The van der Waals surface area contributed by atoms with Crippen LogP contribution in [0.3, 0.4) is 0 Å². The second kappa shape index (κ2) is 7.38. The number of piperidine rings is 1. The van der Waals surface area contributed by atoms with E-state index in [0.717, 1.165) is 49.0 Å². The van der Waals surface area contributed by atoms with Crippen LogP contribution < -0.4 is 5.32 Å². The van der Waals surface area contributed by atoms with E-state index < -0.39 is 0 Å². The number of aryl methyl sites for hydroxylation is 1. The summed E-state index contributed by atoms with van der Waals surface area (Å²) in [5.41, 5.74) is 1.92. The quantitative estimate of drug-likeness (QED) is 0.935. The maximum Gasteiger partial charge on any atom is 0.222 e. The Morgan fingerprint density at radius 3 is 2.71 bits per heavy atom. The molecule has 2 aromatic heterocycles. The molecule has 6 nitrogen and oxygen atoms in total. The van der Waals surface area contributed by atoms with Crippen molar-refractivity contribution in [1.82, 2.24) is 19.9 Å². The van der Waals surface area contributed by atoms with Crippen LogP contribution in [0.2, 0.25) is 0 Å². The third-order valence-corrected chi connectivity index (χ3v) is 4.40. The number of likely N-dealkylation sites (tertiary alicyclic amines) is 1. The average molecular weight is 325 g/mol. The second-order valence-corrected chi connectivity index (χ2v) is 6.09. The third-order valence-electron chi connectivity index (χ3n) is 4.40. The maximum atomic E-state index is 11.8. The van der Waals surface area contributed by atoms with Crippen molar-refractivity contribution in [2.75, 3.05) is 18.4 Å². The lowest BCUT2D eigenvalue weighted by Crippen LogP contribution is -2.37. The summed E-state index contributed by atoms with van der Waals surface area (Å²) in [6.45, 7) is 5.45. The zero-order valence-electron chi connectivity index (χ0n) is 14.2. The van der Waals surface area contributed by atoms with Crippen LogP contribution in [0.25, 0.3) is 0 Å². The molecule has 6 heteroatoms. The first-order valence-corrected chi connectivity index (χ1v) is 8.46. The Labute approximate surface area is 142 Å². The smallest absolute Gasteiger partial charge is 0.222 e. The summed E-state index contributed by atoms with van der Waals surface area (Å²) in [6.07, 6.45) is 5.83. The topological polar surface area (TPSA) is 71.0 Å². The van der Waals surface area contributed by atoms with Crippen molar-refractivity contribution in [3.8, 4) is 0 Å². The number of nitrogens with one attached hydrogen (secondary N) is 1. The molecule has 0 saturated carbocycles. The van der Waals surface area contributed by atoms with E-state index in [0.29, 0.717) is 12.3 Å². The van der Waals surface area contributed by atoms with Crippen LogP contribution in [-0.2, 0) is 4.79 Å². The SMILES string of the molecule is CCC(=O)N1CCC(c2nccnc2Nc2cccc(C)n2)CC1. The van der Waals surface area contributed by atoms with E-state index in [2.05, 4.69) is 20.3 Å². The molecule has 1 N–H and O–H groups in total. The molecule has 0 radical (unpaired) electrons. The molecule has 0 spiro atoms. The third kappa shape index (κ3) is 3.69. The highest BCUT2D eigenvalue weighted by atomic mass is 16.2. The molecule has 0 aliphatic carbocycles. The second-order valence-electron chi connectivity index (χ2n) is 6.09. The van der Waals surface area contributed by atoms with Gasteiger partial charge in [0.05, 0.1) is 5.69 Å². The number of aromatic nitrogens is 3. The molecule has 126 valence electrons. The zero-order valence-corrected chi connectivity index (χ0v) is 14.2. The Hall–Kier alpha value is -2.50. The van der Waals surface area contributed by atoms with E-state index in [-0.39, 0.29) is 5.91 Å². The highest BCUT2D eigenvalue weighted by molar-refractivity contribution is 5.75. The van der Waals surface area contributed by atoms with Crippen molar-refractivity contribution in [3.63, 3.8) is 0 Å². The van der Waals surface area contributed by atoms with E-state index in [4.69, 9.17) is 0 Å². The molecule has 1 saturated heterocycles. The summed E-state index contributed by atoms with van der Waals surface area (Å²) >= 11 is 0. The summed E-state index contributed by atoms with van der Waals surface area (Å²) in [5, 5.41) is 3.29. The number of pyridine rings is 1. The monoisotopic (exact) mass is 325 g/mol. The summed E-state index contributed by atoms with van der Waals surface area (Å²) in [5.74, 6) is 2.08. The van der Waals surface area contributed by atoms with Crippen LogP contribution in [-0.4, -0.2) is 38.8 Å². The van der Waals surface area contributed by atoms with Gasteiger partial charge in [-0.05, 0) is 31.9 Å². The normalized spacial score (nSPS) is 15.3. The molecule has 3 rings (SSSR count). The highest BCUT2D eigenvalue weighted by Gasteiger charge is 2.26. The predicted octanol–water partition coefficient (Wildman–Crippen LogP) is 3.04. The fourth-order valence-corrected chi connectivity index (χ4v) is 3.10. The van der Waals surface area contributed by atoms with Gasteiger partial charge >= 0.3 is 0 Å². The lowest BCUT2D eigenvalue weighted by atomic mass is 9.93. The molecule has 24 heavy (non-hydrogen) atoms. The van der Waals surface area contributed by atoms with E-state index >= 15 is 0 Å². The Morgan fingerprint density at radius 1 is 1.25 bits per heavy atom. The first-order chi connectivity index (χ1) is 11.7. The average Bonchev–Trinajstić information content (AvgIpc) is 2.62. The molecule has 3 heterocycles. The van der Waals surface area contributed by atoms with Gasteiger partial charge in [-0.3, -0.25) is 9.78 Å². The number of anilines is 2. The van der Waals surface area contributed by atoms with Crippen molar-refractivity contribution in [3.05, 3.63) is 42.0 Å². The number of rotatable bonds is 4. The Kier molecular flexibility index (Phi) is 5.03. The molecule has 2 aromatic rings. The fourth-order valence-electron chi connectivity index (χ4n) is 3.10. The highest BCUT2D eigenvalue weighted by Crippen LogP contribution is 2.31. The van der Waals surface area contributed by atoms with Crippen molar-refractivity contribution in [2.24, 2.45) is 0 Å². The lowest BCUT2D eigenvalue weighted by Gasteiger charge is -2.32. The number of hydrogen-bond acceptors (Lipinski definition) is 5. The van der Waals surface area contributed by atoms with Gasteiger partial charge in [0.15, 0.2) is 5.82 Å². The zero-order chi connectivity index (χ0) is 16.9. The van der Waals surface area contributed by atoms with Gasteiger partial charge in [0.25, 0.3) is 0 Å². The lowest BCUT2D eigenvalue weighted by molar-refractivity contribution is -0.131.